The van der Waals surface area contributed by atoms with Crippen molar-refractivity contribution in [2.24, 2.45) is 5.73 Å². The van der Waals surface area contributed by atoms with Gasteiger partial charge in [0.1, 0.15) is 11.8 Å². The maximum Gasteiger partial charge on any atom is 0.321 e. The molecule has 1 unspecified atom stereocenters. The monoisotopic (exact) mass is 210 g/mol. The molecular weight excluding hydrogens is 196 g/mol. The Morgan fingerprint density at radius 3 is 2.53 bits per heavy atom. The molecule has 0 heterocycles. The summed E-state index contributed by atoms with van der Waals surface area (Å²) in [6.45, 7) is 0.747. The molecule has 0 bridgehead atoms. The van der Waals surface area contributed by atoms with E-state index in [-0.39, 0.29) is 12.3 Å². The molecule has 5 heteroatoms. The van der Waals surface area contributed by atoms with Gasteiger partial charge in [-0.05, 0) is 17.7 Å². The van der Waals surface area contributed by atoms with Crippen molar-refractivity contribution in [1.82, 2.24) is 5.32 Å². The number of hydrogen-bond acceptors (Lipinski definition) is 4. The van der Waals surface area contributed by atoms with Crippen LogP contribution in [-0.2, 0) is 11.3 Å². The van der Waals surface area contributed by atoms with E-state index in [2.05, 4.69) is 5.32 Å². The fraction of sp³-hybridized carbons (Fsp3) is 0.300. The second-order valence-electron chi connectivity index (χ2n) is 3.24. The van der Waals surface area contributed by atoms with E-state index in [9.17, 15) is 4.79 Å². The minimum atomic E-state index is -1.02. The SMILES string of the molecule is NC(CNCc1ccc(O)cc1)C(=O)O. The van der Waals surface area contributed by atoms with E-state index in [1.54, 1.807) is 24.3 Å². The highest BCUT2D eigenvalue weighted by Crippen LogP contribution is 2.08. The van der Waals surface area contributed by atoms with Crippen molar-refractivity contribution < 1.29 is 15.0 Å². The molecule has 5 N–H and O–H groups in total. The summed E-state index contributed by atoms with van der Waals surface area (Å²) < 4.78 is 0. The minimum Gasteiger partial charge on any atom is -0.508 e. The molecule has 0 aliphatic rings. The van der Waals surface area contributed by atoms with Gasteiger partial charge in [0.15, 0.2) is 0 Å². The van der Waals surface area contributed by atoms with Crippen LogP contribution >= 0.6 is 0 Å². The molecule has 0 aromatic heterocycles. The van der Waals surface area contributed by atoms with Crippen molar-refractivity contribution in [3.8, 4) is 5.75 Å². The summed E-state index contributed by atoms with van der Waals surface area (Å²) in [6.07, 6.45) is 0. The van der Waals surface area contributed by atoms with Gasteiger partial charge in [-0.25, -0.2) is 0 Å². The van der Waals surface area contributed by atoms with Gasteiger partial charge in [-0.3, -0.25) is 4.79 Å². The van der Waals surface area contributed by atoms with Crippen LogP contribution in [0.25, 0.3) is 0 Å². The Morgan fingerprint density at radius 1 is 1.40 bits per heavy atom. The number of phenolic OH excluding ortho intramolecular Hbond substituents is 1. The Bertz CT molecular complexity index is 324. The van der Waals surface area contributed by atoms with E-state index in [0.29, 0.717) is 6.54 Å². The summed E-state index contributed by atoms with van der Waals surface area (Å²) in [5.74, 6) is -0.811. The molecule has 0 saturated heterocycles. The van der Waals surface area contributed by atoms with Crippen LogP contribution in [0.3, 0.4) is 0 Å². The fourth-order valence-corrected chi connectivity index (χ4v) is 1.07. The summed E-state index contributed by atoms with van der Waals surface area (Å²) in [4.78, 5) is 10.4. The minimum absolute atomic E-state index is 0.209. The number of carbonyl (C=O) groups is 1. The van der Waals surface area contributed by atoms with E-state index < -0.39 is 12.0 Å². The normalized spacial score (nSPS) is 12.3. The van der Waals surface area contributed by atoms with Crippen LogP contribution < -0.4 is 11.1 Å². The molecule has 1 atom stereocenters. The molecule has 0 amide bonds. The van der Waals surface area contributed by atoms with Crippen LogP contribution in [-0.4, -0.2) is 28.8 Å². The highest BCUT2D eigenvalue weighted by atomic mass is 16.4. The van der Waals surface area contributed by atoms with Crippen LogP contribution in [0.15, 0.2) is 24.3 Å². The number of hydrogen-bond donors (Lipinski definition) is 4. The third kappa shape index (κ3) is 3.97. The number of nitrogens with two attached hydrogens (primary N) is 1. The third-order valence-electron chi connectivity index (χ3n) is 1.95. The summed E-state index contributed by atoms with van der Waals surface area (Å²) in [5.41, 5.74) is 6.27. The molecule has 0 aliphatic heterocycles. The standard InChI is InChI=1S/C10H14N2O3/c11-9(10(14)15)6-12-5-7-1-3-8(13)4-2-7/h1-4,9,12-13H,5-6,11H2,(H,14,15). The molecule has 1 rings (SSSR count). The molecule has 0 aliphatic carbocycles. The quantitative estimate of drug-likeness (QED) is 0.544. The van der Waals surface area contributed by atoms with Gasteiger partial charge in [-0.2, -0.15) is 0 Å². The molecule has 1 aromatic rings. The molecule has 5 nitrogen and oxygen atoms in total. The lowest BCUT2D eigenvalue weighted by Crippen LogP contribution is -2.40. The second kappa shape index (κ2) is 5.33. The average molecular weight is 210 g/mol. The van der Waals surface area contributed by atoms with E-state index in [1.165, 1.54) is 0 Å². The summed E-state index contributed by atoms with van der Waals surface area (Å²) in [5, 5.41) is 20.5. The number of phenols is 1. The van der Waals surface area contributed by atoms with Gasteiger partial charge in [0.25, 0.3) is 0 Å². The molecule has 1 aromatic carbocycles. The van der Waals surface area contributed by atoms with Crippen molar-refractivity contribution >= 4 is 5.97 Å². The first-order valence-electron chi connectivity index (χ1n) is 4.56. The zero-order valence-corrected chi connectivity index (χ0v) is 8.18. The number of carboxylic acids is 1. The van der Waals surface area contributed by atoms with Gasteiger partial charge in [0.2, 0.25) is 0 Å². The van der Waals surface area contributed by atoms with Crippen molar-refractivity contribution in [2.45, 2.75) is 12.6 Å². The van der Waals surface area contributed by atoms with Gasteiger partial charge < -0.3 is 21.3 Å². The van der Waals surface area contributed by atoms with Crippen LogP contribution in [0.1, 0.15) is 5.56 Å². The highest BCUT2D eigenvalue weighted by Gasteiger charge is 2.09. The summed E-state index contributed by atoms with van der Waals surface area (Å²) in [6, 6.07) is 5.79. The highest BCUT2D eigenvalue weighted by molar-refractivity contribution is 5.73. The van der Waals surface area contributed by atoms with Crippen LogP contribution in [0, 0.1) is 0 Å². The van der Waals surface area contributed by atoms with Crippen LogP contribution in [0.4, 0.5) is 0 Å². The predicted molar refractivity (Wildman–Crippen MR) is 55.4 cm³/mol. The number of nitrogens with one attached hydrogen (secondary N) is 1. The maximum absolute atomic E-state index is 10.4. The van der Waals surface area contributed by atoms with Crippen LogP contribution in [0.5, 0.6) is 5.75 Å². The number of aromatic hydroxyl groups is 1. The lowest BCUT2D eigenvalue weighted by molar-refractivity contribution is -0.138. The molecular formula is C10H14N2O3. The largest absolute Gasteiger partial charge is 0.508 e. The zero-order chi connectivity index (χ0) is 11.3. The Hall–Kier alpha value is -1.59. The predicted octanol–water partition coefficient (Wildman–Crippen LogP) is -0.106. The van der Waals surface area contributed by atoms with E-state index >= 15 is 0 Å². The van der Waals surface area contributed by atoms with Crippen LogP contribution in [0.2, 0.25) is 0 Å². The van der Waals surface area contributed by atoms with E-state index in [4.69, 9.17) is 15.9 Å². The Balaban J connectivity index is 2.32. The topological polar surface area (TPSA) is 95.6 Å². The van der Waals surface area contributed by atoms with Crippen molar-refractivity contribution in [2.75, 3.05) is 6.54 Å². The Kier molecular flexibility index (Phi) is 4.08. The molecule has 0 saturated carbocycles. The van der Waals surface area contributed by atoms with Gasteiger partial charge in [-0.15, -0.1) is 0 Å². The van der Waals surface area contributed by atoms with E-state index in [1.807, 2.05) is 0 Å². The number of rotatable bonds is 5. The maximum atomic E-state index is 10.4. The van der Waals surface area contributed by atoms with Gasteiger partial charge in [-0.1, -0.05) is 12.1 Å². The third-order valence-corrected chi connectivity index (χ3v) is 1.95. The zero-order valence-electron chi connectivity index (χ0n) is 8.18. The summed E-state index contributed by atoms with van der Waals surface area (Å²) >= 11 is 0. The van der Waals surface area contributed by atoms with Crippen molar-refractivity contribution in [1.29, 1.82) is 0 Å². The number of carboxylic acid groups (broad SMARTS) is 1. The second-order valence-corrected chi connectivity index (χ2v) is 3.24. The van der Waals surface area contributed by atoms with E-state index in [0.717, 1.165) is 5.56 Å². The van der Waals surface area contributed by atoms with Crippen molar-refractivity contribution in [3.05, 3.63) is 29.8 Å². The average Bonchev–Trinajstić information content (AvgIpc) is 2.20. The lowest BCUT2D eigenvalue weighted by atomic mass is 10.2. The first kappa shape index (κ1) is 11.5. The fourth-order valence-electron chi connectivity index (χ4n) is 1.07. The number of benzene rings is 1. The molecule has 0 fully saturated rings. The molecule has 15 heavy (non-hydrogen) atoms. The summed E-state index contributed by atoms with van der Waals surface area (Å²) in [7, 11) is 0. The lowest BCUT2D eigenvalue weighted by Gasteiger charge is -2.08. The van der Waals surface area contributed by atoms with Gasteiger partial charge >= 0.3 is 5.97 Å². The number of aliphatic carboxylic acids is 1. The molecule has 82 valence electrons. The Labute approximate surface area is 87.5 Å². The van der Waals surface area contributed by atoms with Gasteiger partial charge in [0.05, 0.1) is 0 Å². The first-order valence-corrected chi connectivity index (χ1v) is 4.56. The Morgan fingerprint density at radius 2 is 2.00 bits per heavy atom. The van der Waals surface area contributed by atoms with Gasteiger partial charge in [0, 0.05) is 13.1 Å². The first-order chi connectivity index (χ1) is 7.09. The molecule has 0 spiro atoms. The van der Waals surface area contributed by atoms with Crippen molar-refractivity contribution in [3.63, 3.8) is 0 Å². The smallest absolute Gasteiger partial charge is 0.321 e. The molecule has 0 radical (unpaired) electrons.